The Balaban J connectivity index is 1.16. The molecule has 0 radical (unpaired) electrons. The van der Waals surface area contributed by atoms with E-state index in [2.05, 4.69) is 10.4 Å². The molecular weight excluding hydrogens is 410 g/mol. The monoisotopic (exact) mass is 435 g/mol. The molecule has 3 aromatic rings. The maximum absolute atomic E-state index is 12.6. The number of nitrogens with one attached hydrogen (secondary N) is 1. The second-order valence-corrected chi connectivity index (χ2v) is 7.98. The Morgan fingerprint density at radius 2 is 2.06 bits per heavy atom. The Bertz CT molecular complexity index is 1170. The van der Waals surface area contributed by atoms with Gasteiger partial charge in [-0.2, -0.15) is 5.10 Å². The number of ether oxygens (including phenoxy) is 2. The molecule has 32 heavy (non-hydrogen) atoms. The second-order valence-electron chi connectivity index (χ2n) is 7.98. The van der Waals surface area contributed by atoms with Crippen LogP contribution in [0.3, 0.4) is 0 Å². The van der Waals surface area contributed by atoms with Gasteiger partial charge in [-0.15, -0.1) is 0 Å². The molecule has 9 nitrogen and oxygen atoms in total. The molecule has 0 saturated carbocycles. The molecule has 0 aliphatic carbocycles. The fourth-order valence-electron chi connectivity index (χ4n) is 4.08. The number of rotatable bonds is 7. The number of amides is 2. The average molecular weight is 435 g/mol. The SMILES string of the molecule is Cn1cccc1-c1cc2n(n1)CCC(=O)N2CCCC(=O)NCc1ccc2c(c1)OCO2. The molecule has 166 valence electrons. The standard InChI is InChI=1S/C23H25N5O4/c1-26-9-2-4-18(26)17-13-22-27(23(30)8-11-28(22)25-17)10-3-5-21(29)24-14-16-6-7-19-20(12-16)32-15-31-19/h2,4,6-7,9,12-13H,3,5,8,10-11,14-15H2,1H3,(H,24,29). The molecule has 9 heteroatoms. The quantitative estimate of drug-likeness (QED) is 0.616. The van der Waals surface area contributed by atoms with E-state index in [1.165, 1.54) is 0 Å². The number of hydrogen-bond donors (Lipinski definition) is 1. The van der Waals surface area contributed by atoms with Crippen molar-refractivity contribution in [1.29, 1.82) is 0 Å². The first-order chi connectivity index (χ1) is 15.6. The van der Waals surface area contributed by atoms with E-state index in [1.807, 2.05) is 58.9 Å². The number of carbonyl (C=O) groups excluding carboxylic acids is 2. The number of anilines is 1. The Kier molecular flexibility index (Phi) is 5.30. The predicted molar refractivity (Wildman–Crippen MR) is 117 cm³/mol. The van der Waals surface area contributed by atoms with Crippen molar-refractivity contribution in [2.45, 2.75) is 32.4 Å². The van der Waals surface area contributed by atoms with Crippen LogP contribution in [0.15, 0.2) is 42.6 Å². The molecule has 2 amide bonds. The van der Waals surface area contributed by atoms with Crippen LogP contribution in [-0.4, -0.2) is 39.5 Å². The van der Waals surface area contributed by atoms with Crippen molar-refractivity contribution in [3.63, 3.8) is 0 Å². The van der Waals surface area contributed by atoms with Gasteiger partial charge in [0.1, 0.15) is 11.5 Å². The van der Waals surface area contributed by atoms with E-state index in [0.717, 1.165) is 28.5 Å². The van der Waals surface area contributed by atoms with Crippen LogP contribution in [0, 0.1) is 0 Å². The Morgan fingerprint density at radius 3 is 2.91 bits per heavy atom. The zero-order valence-electron chi connectivity index (χ0n) is 17.9. The maximum atomic E-state index is 12.6. The molecule has 0 spiro atoms. The lowest BCUT2D eigenvalue weighted by Crippen LogP contribution is -2.38. The molecule has 2 aliphatic rings. The van der Waals surface area contributed by atoms with Gasteiger partial charge in [0.15, 0.2) is 11.5 Å². The highest BCUT2D eigenvalue weighted by Crippen LogP contribution is 2.32. The molecule has 0 saturated heterocycles. The third-order valence-electron chi connectivity index (χ3n) is 5.79. The summed E-state index contributed by atoms with van der Waals surface area (Å²) in [6, 6.07) is 11.6. The molecule has 4 heterocycles. The topological polar surface area (TPSA) is 90.6 Å². The molecule has 0 fully saturated rings. The number of benzene rings is 1. The lowest BCUT2D eigenvalue weighted by molar-refractivity contribution is -0.122. The van der Waals surface area contributed by atoms with Gasteiger partial charge in [0.2, 0.25) is 18.6 Å². The summed E-state index contributed by atoms with van der Waals surface area (Å²) >= 11 is 0. The van der Waals surface area contributed by atoms with Crippen LogP contribution >= 0.6 is 0 Å². The van der Waals surface area contributed by atoms with E-state index in [9.17, 15) is 9.59 Å². The molecule has 0 unspecified atom stereocenters. The Labute approximate surface area is 185 Å². The molecule has 2 aliphatic heterocycles. The number of nitrogens with zero attached hydrogens (tertiary/aromatic N) is 4. The van der Waals surface area contributed by atoms with E-state index in [-0.39, 0.29) is 18.6 Å². The van der Waals surface area contributed by atoms with Crippen LogP contribution < -0.4 is 19.7 Å². The van der Waals surface area contributed by atoms with Crippen LogP contribution in [0.2, 0.25) is 0 Å². The number of hydrogen-bond acceptors (Lipinski definition) is 5. The highest BCUT2D eigenvalue weighted by molar-refractivity contribution is 5.94. The third kappa shape index (κ3) is 3.93. The minimum Gasteiger partial charge on any atom is -0.454 e. The molecule has 2 aromatic heterocycles. The number of aryl methyl sites for hydroxylation is 2. The minimum atomic E-state index is -0.0508. The summed E-state index contributed by atoms with van der Waals surface area (Å²) in [5.74, 6) is 2.23. The molecular formula is C23H25N5O4. The first-order valence-electron chi connectivity index (χ1n) is 10.7. The Hall–Kier alpha value is -3.75. The molecule has 1 N–H and O–H groups in total. The van der Waals surface area contributed by atoms with Gasteiger partial charge in [0.05, 0.1) is 12.2 Å². The van der Waals surface area contributed by atoms with Gasteiger partial charge < -0.3 is 19.4 Å². The highest BCUT2D eigenvalue weighted by Gasteiger charge is 2.26. The minimum absolute atomic E-state index is 0.0508. The highest BCUT2D eigenvalue weighted by atomic mass is 16.7. The van der Waals surface area contributed by atoms with Gasteiger partial charge in [0.25, 0.3) is 0 Å². The van der Waals surface area contributed by atoms with Crippen molar-refractivity contribution in [2.75, 3.05) is 18.2 Å². The van der Waals surface area contributed by atoms with Crippen molar-refractivity contribution >= 4 is 17.6 Å². The summed E-state index contributed by atoms with van der Waals surface area (Å²) in [5.41, 5.74) is 2.79. The first-order valence-corrected chi connectivity index (χ1v) is 10.7. The van der Waals surface area contributed by atoms with Gasteiger partial charge in [-0.25, -0.2) is 4.68 Å². The fraction of sp³-hybridized carbons (Fsp3) is 0.348. The number of carbonyl (C=O) groups is 2. The predicted octanol–water partition coefficient (Wildman–Crippen LogP) is 2.45. The van der Waals surface area contributed by atoms with Gasteiger partial charge in [-0.1, -0.05) is 6.07 Å². The summed E-state index contributed by atoms with van der Waals surface area (Å²) in [5, 5.41) is 7.60. The van der Waals surface area contributed by atoms with Crippen LogP contribution in [0.5, 0.6) is 11.5 Å². The lowest BCUT2D eigenvalue weighted by atomic mass is 10.2. The number of aromatic nitrogens is 3. The normalized spacial score (nSPS) is 14.5. The molecule has 1 aromatic carbocycles. The summed E-state index contributed by atoms with van der Waals surface area (Å²) in [6.45, 7) is 1.70. The van der Waals surface area contributed by atoms with Crippen LogP contribution in [0.4, 0.5) is 5.82 Å². The maximum Gasteiger partial charge on any atom is 0.231 e. The second kappa shape index (κ2) is 8.41. The summed E-state index contributed by atoms with van der Waals surface area (Å²) < 4.78 is 14.6. The van der Waals surface area contributed by atoms with Crippen molar-refractivity contribution in [3.8, 4) is 22.9 Å². The van der Waals surface area contributed by atoms with Crippen LogP contribution in [-0.2, 0) is 29.7 Å². The lowest BCUT2D eigenvalue weighted by Gasteiger charge is -2.27. The largest absolute Gasteiger partial charge is 0.454 e. The molecule has 5 rings (SSSR count). The van der Waals surface area contributed by atoms with Gasteiger partial charge in [-0.3, -0.25) is 14.5 Å². The summed E-state index contributed by atoms with van der Waals surface area (Å²) in [4.78, 5) is 26.6. The molecule has 0 bridgehead atoms. The third-order valence-corrected chi connectivity index (χ3v) is 5.79. The van der Waals surface area contributed by atoms with E-state index in [4.69, 9.17) is 9.47 Å². The van der Waals surface area contributed by atoms with E-state index >= 15 is 0 Å². The van der Waals surface area contributed by atoms with Crippen molar-refractivity contribution < 1.29 is 19.1 Å². The summed E-state index contributed by atoms with van der Waals surface area (Å²) in [6.07, 6.45) is 3.30. The fourth-order valence-corrected chi connectivity index (χ4v) is 4.08. The van der Waals surface area contributed by atoms with Gasteiger partial charge in [-0.05, 0) is 36.2 Å². The molecule has 0 atom stereocenters. The summed E-state index contributed by atoms with van der Waals surface area (Å²) in [7, 11) is 1.97. The Morgan fingerprint density at radius 1 is 1.19 bits per heavy atom. The average Bonchev–Trinajstić information content (AvgIpc) is 3.52. The smallest absolute Gasteiger partial charge is 0.231 e. The zero-order chi connectivity index (χ0) is 22.1. The van der Waals surface area contributed by atoms with Crippen molar-refractivity contribution in [3.05, 3.63) is 48.2 Å². The van der Waals surface area contributed by atoms with E-state index in [1.54, 1.807) is 4.90 Å². The van der Waals surface area contributed by atoms with Gasteiger partial charge >= 0.3 is 0 Å². The van der Waals surface area contributed by atoms with E-state index in [0.29, 0.717) is 44.6 Å². The van der Waals surface area contributed by atoms with Crippen molar-refractivity contribution in [2.24, 2.45) is 7.05 Å². The van der Waals surface area contributed by atoms with E-state index < -0.39 is 0 Å². The zero-order valence-corrected chi connectivity index (χ0v) is 17.9. The first kappa shape index (κ1) is 20.2. The number of fused-ring (bicyclic) bond motifs is 2. The van der Waals surface area contributed by atoms with Crippen LogP contribution in [0.25, 0.3) is 11.4 Å². The van der Waals surface area contributed by atoms with Crippen LogP contribution in [0.1, 0.15) is 24.8 Å². The van der Waals surface area contributed by atoms with Crippen molar-refractivity contribution in [1.82, 2.24) is 19.7 Å². The van der Waals surface area contributed by atoms with Gasteiger partial charge in [0, 0.05) is 45.2 Å².